The first kappa shape index (κ1) is 24.8. The van der Waals surface area contributed by atoms with Gasteiger partial charge < -0.3 is 19.5 Å². The van der Waals surface area contributed by atoms with Gasteiger partial charge in [-0.25, -0.2) is 8.42 Å². The maximum Gasteiger partial charge on any atom is 0.387 e. The third kappa shape index (κ3) is 6.13. The average molecular weight is 493 g/mol. The molecule has 8 nitrogen and oxygen atoms in total. The van der Waals surface area contributed by atoms with Gasteiger partial charge in [0.15, 0.2) is 11.5 Å². The number of hydrogen-bond acceptors (Lipinski definition) is 6. The number of carbonyl (C=O) groups is 1. The molecular weight excluding hydrogens is 470 g/mol. The van der Waals surface area contributed by atoms with E-state index in [9.17, 15) is 22.0 Å². The van der Waals surface area contributed by atoms with E-state index in [-0.39, 0.29) is 39.9 Å². The van der Waals surface area contributed by atoms with Crippen molar-refractivity contribution in [2.24, 2.45) is 0 Å². The Bertz CT molecular complexity index is 1270. The first-order valence-corrected chi connectivity index (χ1v) is 11.5. The van der Waals surface area contributed by atoms with E-state index in [1.54, 1.807) is 31.2 Å². The van der Waals surface area contributed by atoms with Crippen molar-refractivity contribution < 1.29 is 36.2 Å². The minimum Gasteiger partial charge on any atom is -0.495 e. The second kappa shape index (κ2) is 10.8. The lowest BCUT2D eigenvalue weighted by Crippen LogP contribution is -2.15. The van der Waals surface area contributed by atoms with Gasteiger partial charge in [-0.3, -0.25) is 9.52 Å². The lowest BCUT2D eigenvalue weighted by atomic mass is 10.2. The van der Waals surface area contributed by atoms with Crippen molar-refractivity contribution in [2.45, 2.75) is 18.4 Å². The number of para-hydroxylation sites is 2. The topological polar surface area (TPSA) is 103 Å². The maximum absolute atomic E-state index is 12.8. The molecule has 0 bridgehead atoms. The second-order valence-electron chi connectivity index (χ2n) is 6.76. The summed E-state index contributed by atoms with van der Waals surface area (Å²) >= 11 is 0. The van der Waals surface area contributed by atoms with Crippen LogP contribution in [0.1, 0.15) is 17.3 Å². The van der Waals surface area contributed by atoms with Crippen molar-refractivity contribution in [1.82, 2.24) is 0 Å². The Morgan fingerprint density at radius 3 is 2.44 bits per heavy atom. The van der Waals surface area contributed by atoms with Crippen molar-refractivity contribution in [2.75, 3.05) is 23.8 Å². The molecule has 180 valence electrons. The van der Waals surface area contributed by atoms with Crippen LogP contribution in [-0.4, -0.2) is 34.7 Å². The van der Waals surface area contributed by atoms with Gasteiger partial charge in [-0.1, -0.05) is 18.2 Å². The summed E-state index contributed by atoms with van der Waals surface area (Å²) in [5, 5.41) is 2.59. The van der Waals surface area contributed by atoms with Gasteiger partial charge in [0.05, 0.1) is 24.3 Å². The summed E-state index contributed by atoms with van der Waals surface area (Å²) in [6.45, 7) is -1.22. The van der Waals surface area contributed by atoms with E-state index >= 15 is 0 Å². The number of anilines is 2. The van der Waals surface area contributed by atoms with Gasteiger partial charge in [-0.15, -0.1) is 0 Å². The highest BCUT2D eigenvalue weighted by Crippen LogP contribution is 2.31. The molecule has 1 amide bonds. The second-order valence-corrected chi connectivity index (χ2v) is 8.44. The molecule has 0 aliphatic rings. The molecule has 0 fully saturated rings. The molecule has 0 radical (unpaired) electrons. The molecule has 3 aromatic carbocycles. The molecule has 0 heterocycles. The van der Waals surface area contributed by atoms with Crippen LogP contribution < -0.4 is 24.2 Å². The van der Waals surface area contributed by atoms with Gasteiger partial charge in [0.2, 0.25) is 0 Å². The molecule has 34 heavy (non-hydrogen) atoms. The molecule has 0 aliphatic carbocycles. The number of halogens is 2. The standard InChI is InChI=1S/C23H22F2N2O6S/c1-3-32-21-13-15(11-12-20(21)33-23(24)25)22(28)26-16-7-6-8-17(14-16)34(29,30)27-18-9-4-5-10-19(18)31-2/h4-14,23,27H,3H2,1-2H3,(H,26,28). The number of sulfonamides is 1. The minimum absolute atomic E-state index is 0.0206. The zero-order chi connectivity index (χ0) is 24.7. The van der Waals surface area contributed by atoms with E-state index in [0.717, 1.165) is 0 Å². The Hall–Kier alpha value is -3.86. The summed E-state index contributed by atoms with van der Waals surface area (Å²) in [7, 11) is -2.57. The molecule has 3 rings (SSSR count). The van der Waals surface area contributed by atoms with E-state index < -0.39 is 22.5 Å². The number of rotatable bonds is 10. The molecular formula is C23H22F2N2O6S. The lowest BCUT2D eigenvalue weighted by Gasteiger charge is -2.14. The van der Waals surface area contributed by atoms with Crippen LogP contribution in [0.15, 0.2) is 71.6 Å². The van der Waals surface area contributed by atoms with Crippen LogP contribution in [0.25, 0.3) is 0 Å². The Morgan fingerprint density at radius 2 is 1.74 bits per heavy atom. The molecule has 0 spiro atoms. The van der Waals surface area contributed by atoms with Gasteiger partial charge in [-0.05, 0) is 55.5 Å². The largest absolute Gasteiger partial charge is 0.495 e. The van der Waals surface area contributed by atoms with Gasteiger partial charge in [0.1, 0.15) is 5.75 Å². The Labute approximate surface area is 195 Å². The fourth-order valence-corrected chi connectivity index (χ4v) is 4.10. The summed E-state index contributed by atoms with van der Waals surface area (Å²) in [6, 6.07) is 15.9. The molecule has 0 saturated carbocycles. The van der Waals surface area contributed by atoms with Crippen molar-refractivity contribution in [3.8, 4) is 17.2 Å². The zero-order valence-corrected chi connectivity index (χ0v) is 19.1. The highest BCUT2D eigenvalue weighted by molar-refractivity contribution is 7.92. The molecule has 0 unspecified atom stereocenters. The van der Waals surface area contributed by atoms with Gasteiger partial charge in [-0.2, -0.15) is 8.78 Å². The summed E-state index contributed by atoms with van der Waals surface area (Å²) in [5.41, 5.74) is 0.568. The number of hydrogen-bond donors (Lipinski definition) is 2. The third-order valence-electron chi connectivity index (χ3n) is 4.48. The number of ether oxygens (including phenoxy) is 3. The zero-order valence-electron chi connectivity index (χ0n) is 18.2. The number of carbonyl (C=O) groups excluding carboxylic acids is 1. The van der Waals surface area contributed by atoms with Gasteiger partial charge >= 0.3 is 6.61 Å². The smallest absolute Gasteiger partial charge is 0.387 e. The number of methoxy groups -OCH3 is 1. The summed E-state index contributed by atoms with van der Waals surface area (Å²) in [6.07, 6.45) is 0. The third-order valence-corrected chi connectivity index (χ3v) is 5.84. The summed E-state index contributed by atoms with van der Waals surface area (Å²) < 4.78 is 68.2. The fourth-order valence-electron chi connectivity index (χ4n) is 2.99. The quantitative estimate of drug-likeness (QED) is 0.424. The van der Waals surface area contributed by atoms with Crippen molar-refractivity contribution in [3.63, 3.8) is 0 Å². The molecule has 0 atom stereocenters. The van der Waals surface area contributed by atoms with Crippen LogP contribution in [0.4, 0.5) is 20.2 Å². The van der Waals surface area contributed by atoms with E-state index in [2.05, 4.69) is 14.8 Å². The van der Waals surface area contributed by atoms with Crippen LogP contribution in [0, 0.1) is 0 Å². The summed E-state index contributed by atoms with van der Waals surface area (Å²) in [5.74, 6) is -0.478. The van der Waals surface area contributed by atoms with Crippen LogP contribution >= 0.6 is 0 Å². The Balaban J connectivity index is 1.81. The van der Waals surface area contributed by atoms with Crippen LogP contribution in [0.5, 0.6) is 17.2 Å². The van der Waals surface area contributed by atoms with Gasteiger partial charge in [0.25, 0.3) is 15.9 Å². The highest BCUT2D eigenvalue weighted by atomic mass is 32.2. The minimum atomic E-state index is -3.99. The molecule has 3 aromatic rings. The van der Waals surface area contributed by atoms with E-state index in [0.29, 0.717) is 5.75 Å². The molecule has 0 saturated heterocycles. The predicted octanol–water partition coefficient (Wildman–Crippen LogP) is 4.75. The molecule has 0 aromatic heterocycles. The lowest BCUT2D eigenvalue weighted by molar-refractivity contribution is -0.0514. The number of benzene rings is 3. The van der Waals surface area contributed by atoms with Gasteiger partial charge in [0, 0.05) is 11.3 Å². The number of alkyl halides is 2. The fraction of sp³-hybridized carbons (Fsp3) is 0.174. The average Bonchev–Trinajstić information content (AvgIpc) is 2.80. The molecule has 0 aliphatic heterocycles. The van der Waals surface area contributed by atoms with Crippen LogP contribution in [0.2, 0.25) is 0 Å². The van der Waals surface area contributed by atoms with E-state index in [4.69, 9.17) is 9.47 Å². The summed E-state index contributed by atoms with van der Waals surface area (Å²) in [4.78, 5) is 12.6. The van der Waals surface area contributed by atoms with Crippen LogP contribution in [-0.2, 0) is 10.0 Å². The monoisotopic (exact) mass is 492 g/mol. The number of amides is 1. The molecule has 2 N–H and O–H groups in total. The van der Waals surface area contributed by atoms with Crippen molar-refractivity contribution in [1.29, 1.82) is 0 Å². The Kier molecular flexibility index (Phi) is 7.90. The normalized spacial score (nSPS) is 11.1. The molecule has 11 heteroatoms. The Morgan fingerprint density at radius 1 is 0.971 bits per heavy atom. The maximum atomic E-state index is 12.8. The highest BCUT2D eigenvalue weighted by Gasteiger charge is 2.18. The predicted molar refractivity (Wildman–Crippen MR) is 122 cm³/mol. The van der Waals surface area contributed by atoms with Crippen molar-refractivity contribution >= 4 is 27.3 Å². The number of nitrogens with one attached hydrogen (secondary N) is 2. The SMILES string of the molecule is CCOc1cc(C(=O)Nc2cccc(S(=O)(=O)Nc3ccccc3OC)c2)ccc1OC(F)F. The van der Waals surface area contributed by atoms with Crippen molar-refractivity contribution in [3.05, 3.63) is 72.3 Å². The van der Waals surface area contributed by atoms with E-state index in [1.807, 2.05) is 0 Å². The first-order valence-electron chi connectivity index (χ1n) is 10.0. The first-order chi connectivity index (χ1) is 16.2. The van der Waals surface area contributed by atoms with Crippen LogP contribution in [0.3, 0.4) is 0 Å². The van der Waals surface area contributed by atoms with E-state index in [1.165, 1.54) is 49.6 Å².